The first-order valence-electron chi connectivity index (χ1n) is 6.19. The molecule has 1 atom stereocenters. The molecule has 1 nitrogen and oxygen atoms in total. The maximum Gasteiger partial charge on any atom is 0.128 e. The zero-order valence-electron chi connectivity index (χ0n) is 10.8. The fraction of sp³-hybridized carbons (Fsp3) is 0.250. The molecule has 2 aromatic carbocycles. The van der Waals surface area contributed by atoms with Gasteiger partial charge in [0, 0.05) is 5.56 Å². The molecule has 0 amide bonds. The first kappa shape index (κ1) is 12.8. The molecule has 0 spiro atoms. The van der Waals surface area contributed by atoms with E-state index in [1.165, 1.54) is 6.07 Å². The quantitative estimate of drug-likeness (QED) is 0.873. The highest BCUT2D eigenvalue weighted by Gasteiger charge is 2.31. The third-order valence-electron chi connectivity index (χ3n) is 3.54. The fourth-order valence-corrected chi connectivity index (χ4v) is 2.42. The van der Waals surface area contributed by atoms with Gasteiger partial charge < -0.3 is 5.73 Å². The minimum Gasteiger partial charge on any atom is -0.318 e. The van der Waals surface area contributed by atoms with E-state index in [1.54, 1.807) is 12.1 Å². The molecule has 0 saturated heterocycles. The maximum atomic E-state index is 14.0. The summed E-state index contributed by atoms with van der Waals surface area (Å²) >= 11 is 0. The summed E-state index contributed by atoms with van der Waals surface area (Å²) < 4.78 is 14.0. The first-order chi connectivity index (χ1) is 8.59. The van der Waals surface area contributed by atoms with Crippen molar-refractivity contribution in [1.29, 1.82) is 0 Å². The van der Waals surface area contributed by atoms with Crippen LogP contribution in [0.5, 0.6) is 0 Å². The van der Waals surface area contributed by atoms with Gasteiger partial charge in [-0.1, -0.05) is 49.4 Å². The SMILES string of the molecule is CCC(N)(c1ccccc1C)c1ccccc1F. The molecule has 0 heterocycles. The molecular formula is C16H18FN. The van der Waals surface area contributed by atoms with Crippen molar-refractivity contribution in [2.24, 2.45) is 5.73 Å². The van der Waals surface area contributed by atoms with E-state index in [2.05, 4.69) is 0 Å². The van der Waals surface area contributed by atoms with Crippen LogP contribution in [0.2, 0.25) is 0 Å². The third-order valence-corrected chi connectivity index (χ3v) is 3.54. The van der Waals surface area contributed by atoms with Crippen LogP contribution in [0.25, 0.3) is 0 Å². The molecule has 0 bridgehead atoms. The van der Waals surface area contributed by atoms with Gasteiger partial charge in [0.05, 0.1) is 5.54 Å². The van der Waals surface area contributed by atoms with Crippen LogP contribution in [0.1, 0.15) is 30.0 Å². The zero-order chi connectivity index (χ0) is 13.2. The topological polar surface area (TPSA) is 26.0 Å². The van der Waals surface area contributed by atoms with E-state index in [0.29, 0.717) is 12.0 Å². The fourth-order valence-electron chi connectivity index (χ4n) is 2.42. The van der Waals surface area contributed by atoms with Crippen molar-refractivity contribution in [3.63, 3.8) is 0 Å². The molecule has 0 radical (unpaired) electrons. The number of aryl methyl sites for hydroxylation is 1. The van der Waals surface area contributed by atoms with E-state index in [4.69, 9.17) is 5.73 Å². The molecule has 0 saturated carbocycles. The van der Waals surface area contributed by atoms with Crippen LogP contribution in [0, 0.1) is 12.7 Å². The smallest absolute Gasteiger partial charge is 0.128 e. The Kier molecular flexibility index (Phi) is 3.48. The number of benzene rings is 2. The molecule has 0 aromatic heterocycles. The Bertz CT molecular complexity index is 503. The highest BCUT2D eigenvalue weighted by Crippen LogP contribution is 2.33. The van der Waals surface area contributed by atoms with Crippen molar-refractivity contribution in [1.82, 2.24) is 0 Å². The van der Waals surface area contributed by atoms with Gasteiger partial charge in [0.25, 0.3) is 0 Å². The second-order valence-electron chi connectivity index (χ2n) is 4.62. The van der Waals surface area contributed by atoms with Gasteiger partial charge in [-0.15, -0.1) is 0 Å². The van der Waals surface area contributed by atoms with Gasteiger partial charge >= 0.3 is 0 Å². The molecule has 0 fully saturated rings. The summed E-state index contributed by atoms with van der Waals surface area (Å²) in [5, 5.41) is 0. The lowest BCUT2D eigenvalue weighted by Crippen LogP contribution is -2.38. The molecule has 1 unspecified atom stereocenters. The average Bonchev–Trinajstić information content (AvgIpc) is 2.39. The Balaban J connectivity index is 2.63. The van der Waals surface area contributed by atoms with Crippen molar-refractivity contribution in [2.75, 3.05) is 0 Å². The number of rotatable bonds is 3. The van der Waals surface area contributed by atoms with Gasteiger partial charge in [-0.05, 0) is 30.5 Å². The van der Waals surface area contributed by atoms with Crippen molar-refractivity contribution < 1.29 is 4.39 Å². The van der Waals surface area contributed by atoms with Crippen molar-refractivity contribution >= 4 is 0 Å². The van der Waals surface area contributed by atoms with E-state index in [9.17, 15) is 4.39 Å². The summed E-state index contributed by atoms with van der Waals surface area (Å²) in [6, 6.07) is 14.6. The molecular weight excluding hydrogens is 225 g/mol. The molecule has 2 rings (SSSR count). The highest BCUT2D eigenvalue weighted by atomic mass is 19.1. The molecule has 0 aliphatic rings. The van der Waals surface area contributed by atoms with Crippen LogP contribution in [0.15, 0.2) is 48.5 Å². The van der Waals surface area contributed by atoms with E-state index in [0.717, 1.165) is 11.1 Å². The Morgan fingerprint density at radius 3 is 2.11 bits per heavy atom. The maximum absolute atomic E-state index is 14.0. The van der Waals surface area contributed by atoms with E-state index >= 15 is 0 Å². The number of hydrogen-bond acceptors (Lipinski definition) is 1. The molecule has 18 heavy (non-hydrogen) atoms. The second kappa shape index (κ2) is 4.91. The standard InChI is InChI=1S/C16H18FN/c1-3-16(18,13-9-5-4-8-12(13)2)14-10-6-7-11-15(14)17/h4-11H,3,18H2,1-2H3. The van der Waals surface area contributed by atoms with Crippen LogP contribution < -0.4 is 5.73 Å². The third kappa shape index (κ3) is 2.04. The minimum atomic E-state index is -0.767. The van der Waals surface area contributed by atoms with E-state index in [1.807, 2.05) is 44.2 Å². The summed E-state index contributed by atoms with van der Waals surface area (Å²) in [6.45, 7) is 3.99. The summed E-state index contributed by atoms with van der Waals surface area (Å²) in [4.78, 5) is 0. The highest BCUT2D eigenvalue weighted by molar-refractivity contribution is 5.42. The van der Waals surface area contributed by atoms with Gasteiger partial charge in [-0.25, -0.2) is 4.39 Å². The van der Waals surface area contributed by atoms with Crippen LogP contribution in [-0.4, -0.2) is 0 Å². The molecule has 2 N–H and O–H groups in total. The van der Waals surface area contributed by atoms with Crippen molar-refractivity contribution in [3.05, 3.63) is 71.0 Å². The lowest BCUT2D eigenvalue weighted by molar-refractivity contribution is 0.477. The van der Waals surface area contributed by atoms with Gasteiger partial charge in [-0.3, -0.25) is 0 Å². The molecule has 2 heteroatoms. The molecule has 2 aromatic rings. The summed E-state index contributed by atoms with van der Waals surface area (Å²) in [5.74, 6) is -0.245. The van der Waals surface area contributed by atoms with Gasteiger partial charge in [-0.2, -0.15) is 0 Å². The van der Waals surface area contributed by atoms with Crippen LogP contribution >= 0.6 is 0 Å². The Morgan fingerprint density at radius 1 is 1.00 bits per heavy atom. The predicted octanol–water partition coefficient (Wildman–Crippen LogP) is 3.75. The van der Waals surface area contributed by atoms with E-state index in [-0.39, 0.29) is 5.82 Å². The Morgan fingerprint density at radius 2 is 1.56 bits per heavy atom. The van der Waals surface area contributed by atoms with Gasteiger partial charge in [0.2, 0.25) is 0 Å². The summed E-state index contributed by atoms with van der Waals surface area (Å²) in [5.41, 5.74) is 8.36. The lowest BCUT2D eigenvalue weighted by atomic mass is 9.79. The van der Waals surface area contributed by atoms with Gasteiger partial charge in [0.15, 0.2) is 0 Å². The molecule has 0 aliphatic heterocycles. The number of nitrogens with two attached hydrogens (primary N) is 1. The minimum absolute atomic E-state index is 0.245. The van der Waals surface area contributed by atoms with Crippen LogP contribution in [0.3, 0.4) is 0 Å². The first-order valence-corrected chi connectivity index (χ1v) is 6.19. The lowest BCUT2D eigenvalue weighted by Gasteiger charge is -2.31. The number of hydrogen-bond donors (Lipinski definition) is 1. The van der Waals surface area contributed by atoms with Gasteiger partial charge in [0.1, 0.15) is 5.82 Å². The number of halogens is 1. The summed E-state index contributed by atoms with van der Waals surface area (Å²) in [7, 11) is 0. The Hall–Kier alpha value is -1.67. The average molecular weight is 243 g/mol. The largest absolute Gasteiger partial charge is 0.318 e. The van der Waals surface area contributed by atoms with E-state index < -0.39 is 5.54 Å². The summed E-state index contributed by atoms with van der Waals surface area (Å²) in [6.07, 6.45) is 0.652. The zero-order valence-corrected chi connectivity index (χ0v) is 10.8. The Labute approximate surface area is 107 Å². The van der Waals surface area contributed by atoms with Crippen LogP contribution in [0.4, 0.5) is 4.39 Å². The normalized spacial score (nSPS) is 14.2. The monoisotopic (exact) mass is 243 g/mol. The molecule has 0 aliphatic carbocycles. The van der Waals surface area contributed by atoms with Crippen molar-refractivity contribution in [3.8, 4) is 0 Å². The van der Waals surface area contributed by atoms with Crippen LogP contribution in [-0.2, 0) is 5.54 Å². The molecule has 94 valence electrons. The predicted molar refractivity (Wildman–Crippen MR) is 72.8 cm³/mol. The second-order valence-corrected chi connectivity index (χ2v) is 4.62. The van der Waals surface area contributed by atoms with Crippen molar-refractivity contribution in [2.45, 2.75) is 25.8 Å².